The second kappa shape index (κ2) is 8.15. The van der Waals surface area contributed by atoms with Gasteiger partial charge >= 0.3 is 6.18 Å². The molecule has 2 aromatic rings. The molecule has 0 radical (unpaired) electrons. The molecule has 1 atom stereocenters. The minimum Gasteiger partial charge on any atom is -0.351 e. The fraction of sp³-hybridized carbons (Fsp3) is 0.500. The molecule has 4 nitrogen and oxygen atoms in total. The Labute approximate surface area is 156 Å². The highest BCUT2D eigenvalue weighted by atomic mass is 19.4. The number of carbonyl (C=O) groups is 1. The van der Waals surface area contributed by atoms with E-state index in [-0.39, 0.29) is 17.6 Å². The van der Waals surface area contributed by atoms with Crippen LogP contribution in [0.3, 0.4) is 0 Å². The van der Waals surface area contributed by atoms with Crippen molar-refractivity contribution in [3.05, 3.63) is 52.9 Å². The van der Waals surface area contributed by atoms with Gasteiger partial charge in [-0.25, -0.2) is 0 Å². The summed E-state index contributed by atoms with van der Waals surface area (Å²) in [5.74, 6) is 0.218. The zero-order valence-electron chi connectivity index (χ0n) is 15.3. The van der Waals surface area contributed by atoms with E-state index < -0.39 is 11.7 Å². The lowest BCUT2D eigenvalue weighted by Gasteiger charge is -2.32. The molecule has 0 saturated carbocycles. The molecule has 27 heavy (non-hydrogen) atoms. The molecule has 2 heterocycles. The maximum absolute atomic E-state index is 13.1. The van der Waals surface area contributed by atoms with Gasteiger partial charge in [-0.05, 0) is 49.7 Å². The number of aryl methyl sites for hydroxylation is 2. The average Bonchev–Trinajstić information content (AvgIpc) is 3.15. The van der Waals surface area contributed by atoms with Crippen molar-refractivity contribution < 1.29 is 22.5 Å². The van der Waals surface area contributed by atoms with Crippen molar-refractivity contribution in [1.29, 1.82) is 0 Å². The monoisotopic (exact) mass is 380 g/mol. The van der Waals surface area contributed by atoms with Crippen molar-refractivity contribution in [3.63, 3.8) is 0 Å². The van der Waals surface area contributed by atoms with Crippen LogP contribution in [0.1, 0.15) is 53.6 Å². The summed E-state index contributed by atoms with van der Waals surface area (Å²) in [6, 6.07) is 7.37. The van der Waals surface area contributed by atoms with Gasteiger partial charge in [0.15, 0.2) is 0 Å². The topological polar surface area (TPSA) is 46.3 Å². The third-order valence-electron chi connectivity index (χ3n) is 5.08. The first-order chi connectivity index (χ1) is 12.9. The molecule has 0 unspecified atom stereocenters. The van der Waals surface area contributed by atoms with Gasteiger partial charge in [-0.2, -0.15) is 13.2 Å². The number of hydrogen-bond donors (Lipinski definition) is 0. The number of benzene rings is 1. The number of hydrogen-bond acceptors (Lipinski definition) is 3. The Morgan fingerprint density at radius 3 is 2.81 bits per heavy atom. The van der Waals surface area contributed by atoms with E-state index in [0.717, 1.165) is 24.6 Å². The fourth-order valence-corrected chi connectivity index (χ4v) is 3.59. The van der Waals surface area contributed by atoms with Gasteiger partial charge in [0.1, 0.15) is 0 Å². The third kappa shape index (κ3) is 4.70. The number of rotatable bonds is 5. The molecule has 0 N–H and O–H groups in total. The lowest BCUT2D eigenvalue weighted by Crippen LogP contribution is -2.40. The van der Waals surface area contributed by atoms with Crippen molar-refractivity contribution >= 4 is 5.91 Å². The highest BCUT2D eigenvalue weighted by Crippen LogP contribution is 2.33. The molecular formula is C20H23F3N2O2. The highest BCUT2D eigenvalue weighted by Gasteiger charge is 2.33. The molecule has 7 heteroatoms. The van der Waals surface area contributed by atoms with Crippen molar-refractivity contribution in [3.8, 4) is 0 Å². The third-order valence-corrected chi connectivity index (χ3v) is 5.08. The molecule has 1 aliphatic rings. The Balaban J connectivity index is 1.61. The number of likely N-dealkylation sites (tertiary alicyclic amines) is 1. The van der Waals surface area contributed by atoms with Crippen LogP contribution in [0.25, 0.3) is 0 Å². The van der Waals surface area contributed by atoms with Crippen molar-refractivity contribution in [2.45, 2.75) is 45.2 Å². The maximum atomic E-state index is 13.1. The van der Waals surface area contributed by atoms with Gasteiger partial charge in [0, 0.05) is 19.2 Å². The van der Waals surface area contributed by atoms with E-state index >= 15 is 0 Å². The van der Waals surface area contributed by atoms with Crippen LogP contribution in [0.5, 0.6) is 0 Å². The van der Waals surface area contributed by atoms with Gasteiger partial charge in [0.05, 0.1) is 11.3 Å². The van der Waals surface area contributed by atoms with E-state index in [1.54, 1.807) is 17.0 Å². The van der Waals surface area contributed by atoms with Crippen LogP contribution >= 0.6 is 0 Å². The Morgan fingerprint density at radius 2 is 2.11 bits per heavy atom. The van der Waals surface area contributed by atoms with Crippen LogP contribution < -0.4 is 0 Å². The molecule has 3 rings (SSSR count). The van der Waals surface area contributed by atoms with Crippen molar-refractivity contribution in [2.24, 2.45) is 5.92 Å². The molecule has 0 bridgehead atoms. The van der Waals surface area contributed by atoms with Gasteiger partial charge < -0.3 is 9.42 Å². The first kappa shape index (κ1) is 19.5. The maximum Gasteiger partial charge on any atom is 0.416 e. The quantitative estimate of drug-likeness (QED) is 0.753. The van der Waals surface area contributed by atoms with E-state index in [2.05, 4.69) is 5.16 Å². The van der Waals surface area contributed by atoms with Gasteiger partial charge in [-0.15, -0.1) is 0 Å². The first-order valence-electron chi connectivity index (χ1n) is 9.28. The van der Waals surface area contributed by atoms with E-state index in [1.807, 2.05) is 6.92 Å². The van der Waals surface area contributed by atoms with Crippen LogP contribution in [0.15, 0.2) is 34.9 Å². The van der Waals surface area contributed by atoms with Crippen molar-refractivity contribution in [1.82, 2.24) is 10.1 Å². The number of aromatic nitrogens is 1. The molecule has 1 amide bonds. The smallest absolute Gasteiger partial charge is 0.351 e. The summed E-state index contributed by atoms with van der Waals surface area (Å²) in [7, 11) is 0. The molecular weight excluding hydrogens is 357 g/mol. The minimum absolute atomic E-state index is 0.178. The van der Waals surface area contributed by atoms with Crippen molar-refractivity contribution in [2.75, 3.05) is 13.1 Å². The number of carbonyl (C=O) groups excluding carboxylic acids is 1. The van der Waals surface area contributed by atoms with E-state index in [9.17, 15) is 18.0 Å². The lowest BCUT2D eigenvalue weighted by molar-refractivity contribution is -0.138. The van der Waals surface area contributed by atoms with Gasteiger partial charge in [0.2, 0.25) is 5.76 Å². The second-order valence-corrected chi connectivity index (χ2v) is 6.99. The summed E-state index contributed by atoms with van der Waals surface area (Å²) in [4.78, 5) is 14.3. The predicted octanol–water partition coefficient (Wildman–Crippen LogP) is 4.74. The molecule has 0 aliphatic carbocycles. The van der Waals surface area contributed by atoms with Crippen LogP contribution in [0.2, 0.25) is 0 Å². The summed E-state index contributed by atoms with van der Waals surface area (Å²) in [6.45, 7) is 3.10. The standard InChI is InChI=1S/C20H23F3N2O2/c1-2-16-12-18(27-24-16)19(26)25-11-5-6-14(13-25)9-10-15-7-3-4-8-17(15)20(21,22)23/h3-4,7-8,12,14H,2,5-6,9-11,13H2,1H3/t14-/m1/s1. The van der Waals surface area contributed by atoms with Gasteiger partial charge in [0.25, 0.3) is 5.91 Å². The summed E-state index contributed by atoms with van der Waals surface area (Å²) in [6.07, 6.45) is -0.925. The molecule has 1 aliphatic heterocycles. The van der Waals surface area contributed by atoms with Crippen LogP contribution in [0, 0.1) is 5.92 Å². The van der Waals surface area contributed by atoms with Gasteiger partial charge in [-0.3, -0.25) is 4.79 Å². The SMILES string of the molecule is CCc1cc(C(=O)N2CCC[C@H](CCc3ccccc3C(F)(F)F)C2)on1. The summed E-state index contributed by atoms with van der Waals surface area (Å²) in [5.41, 5.74) is 0.481. The number of amides is 1. The number of halogens is 3. The average molecular weight is 380 g/mol. The van der Waals surface area contributed by atoms with Crippen LogP contribution in [0.4, 0.5) is 13.2 Å². The molecule has 0 spiro atoms. The minimum atomic E-state index is -4.34. The molecule has 1 aromatic heterocycles. The van der Waals surface area contributed by atoms with E-state index in [1.165, 1.54) is 12.1 Å². The van der Waals surface area contributed by atoms with Crippen LogP contribution in [-0.4, -0.2) is 29.1 Å². The number of piperidine rings is 1. The normalized spacial score (nSPS) is 17.9. The predicted molar refractivity (Wildman–Crippen MR) is 94.3 cm³/mol. The summed E-state index contributed by atoms with van der Waals surface area (Å²) < 4.78 is 44.5. The number of alkyl halides is 3. The molecule has 1 aromatic carbocycles. The highest BCUT2D eigenvalue weighted by molar-refractivity contribution is 5.91. The molecule has 1 saturated heterocycles. The fourth-order valence-electron chi connectivity index (χ4n) is 3.59. The largest absolute Gasteiger partial charge is 0.416 e. The summed E-state index contributed by atoms with van der Waals surface area (Å²) >= 11 is 0. The Hall–Kier alpha value is -2.31. The van der Waals surface area contributed by atoms with E-state index in [4.69, 9.17) is 4.52 Å². The second-order valence-electron chi connectivity index (χ2n) is 6.99. The van der Waals surface area contributed by atoms with E-state index in [0.29, 0.717) is 37.9 Å². The van der Waals surface area contributed by atoms with Gasteiger partial charge in [-0.1, -0.05) is 30.3 Å². The molecule has 1 fully saturated rings. The Morgan fingerprint density at radius 1 is 1.33 bits per heavy atom. The van der Waals surface area contributed by atoms with Crippen LogP contribution in [-0.2, 0) is 19.0 Å². The zero-order chi connectivity index (χ0) is 19.4. The zero-order valence-corrected chi connectivity index (χ0v) is 15.3. The lowest BCUT2D eigenvalue weighted by atomic mass is 9.90. The summed E-state index contributed by atoms with van der Waals surface area (Å²) in [5, 5.41) is 3.85. The number of nitrogens with zero attached hydrogens (tertiary/aromatic N) is 2. The Kier molecular flexibility index (Phi) is 5.87. The molecule has 146 valence electrons. The first-order valence-corrected chi connectivity index (χ1v) is 9.28. The Bertz CT molecular complexity index is 786.